The molecule has 1 saturated heterocycles. The van der Waals surface area contributed by atoms with Crippen molar-refractivity contribution in [2.75, 3.05) is 45.8 Å². The Morgan fingerprint density at radius 1 is 1.35 bits per heavy atom. The molecule has 0 aliphatic carbocycles. The molecule has 140 valence electrons. The van der Waals surface area contributed by atoms with Crippen LogP contribution in [0.3, 0.4) is 0 Å². The summed E-state index contributed by atoms with van der Waals surface area (Å²) in [5.74, 6) is 0.574. The average molecular weight is 379 g/mol. The molecule has 1 atom stereocenters. The number of ether oxygens (including phenoxy) is 3. The number of nitrogens with zero attached hydrogens (tertiary/aromatic N) is 2. The molecule has 1 aromatic carbocycles. The van der Waals surface area contributed by atoms with Gasteiger partial charge in [0.15, 0.2) is 5.17 Å². The summed E-state index contributed by atoms with van der Waals surface area (Å²) in [7, 11) is 3.07. The molecule has 26 heavy (non-hydrogen) atoms. The Morgan fingerprint density at radius 2 is 2.12 bits per heavy atom. The zero-order valence-electron chi connectivity index (χ0n) is 14.7. The van der Waals surface area contributed by atoms with Crippen LogP contribution in [0.2, 0.25) is 0 Å². The molecule has 0 bridgehead atoms. The smallest absolute Gasteiger partial charge is 0.262 e. The number of carbonyl (C=O) groups is 2. The van der Waals surface area contributed by atoms with E-state index in [2.05, 4.69) is 10.3 Å². The van der Waals surface area contributed by atoms with Gasteiger partial charge in [-0.15, -0.1) is 0 Å². The zero-order chi connectivity index (χ0) is 18.5. The summed E-state index contributed by atoms with van der Waals surface area (Å²) in [5, 5.41) is 2.95. The summed E-state index contributed by atoms with van der Waals surface area (Å²) in [6.45, 7) is 2.65. The van der Waals surface area contributed by atoms with Crippen LogP contribution in [0.1, 0.15) is 6.42 Å². The van der Waals surface area contributed by atoms with Gasteiger partial charge < -0.3 is 24.4 Å². The monoisotopic (exact) mass is 379 g/mol. The number of benzene rings is 1. The normalized spacial score (nSPS) is 19.9. The first-order valence-electron chi connectivity index (χ1n) is 8.24. The van der Waals surface area contributed by atoms with E-state index in [9.17, 15) is 9.59 Å². The maximum Gasteiger partial charge on any atom is 0.262 e. The number of amides is 2. The van der Waals surface area contributed by atoms with Crippen molar-refractivity contribution in [3.8, 4) is 11.5 Å². The number of amidine groups is 1. The number of thioether (sulfide) groups is 1. The summed E-state index contributed by atoms with van der Waals surface area (Å²) in [6, 6.07) is 5.13. The number of hydrogen-bond acceptors (Lipinski definition) is 7. The van der Waals surface area contributed by atoms with E-state index in [0.29, 0.717) is 48.7 Å². The Bertz CT molecular complexity index is 718. The zero-order valence-corrected chi connectivity index (χ0v) is 15.5. The van der Waals surface area contributed by atoms with E-state index in [4.69, 9.17) is 14.2 Å². The minimum absolute atomic E-state index is 0.0429. The third-order valence-electron chi connectivity index (χ3n) is 4.06. The molecular weight excluding hydrogens is 358 g/mol. The lowest BCUT2D eigenvalue weighted by Gasteiger charge is -2.27. The quantitative estimate of drug-likeness (QED) is 0.826. The fourth-order valence-electron chi connectivity index (χ4n) is 2.68. The lowest BCUT2D eigenvalue weighted by Crippen LogP contribution is -2.39. The number of anilines is 1. The molecule has 2 heterocycles. The molecule has 0 spiro atoms. The molecule has 2 aliphatic rings. The van der Waals surface area contributed by atoms with Gasteiger partial charge in [-0.1, -0.05) is 11.8 Å². The number of hydrogen-bond donors (Lipinski definition) is 1. The first-order chi connectivity index (χ1) is 12.6. The van der Waals surface area contributed by atoms with Crippen LogP contribution in [0.15, 0.2) is 23.2 Å². The molecule has 9 heteroatoms. The van der Waals surface area contributed by atoms with Crippen molar-refractivity contribution in [1.29, 1.82) is 0 Å². The van der Waals surface area contributed by atoms with E-state index in [-0.39, 0.29) is 18.2 Å². The topological polar surface area (TPSA) is 89.5 Å². The van der Waals surface area contributed by atoms with Gasteiger partial charge >= 0.3 is 0 Å². The fraction of sp³-hybridized carbons (Fsp3) is 0.471. The van der Waals surface area contributed by atoms with Crippen LogP contribution in [-0.4, -0.2) is 67.7 Å². The highest BCUT2D eigenvalue weighted by Crippen LogP contribution is 2.31. The van der Waals surface area contributed by atoms with Crippen LogP contribution in [0.25, 0.3) is 0 Å². The maximum absolute atomic E-state index is 12.4. The Kier molecular flexibility index (Phi) is 6.00. The van der Waals surface area contributed by atoms with Gasteiger partial charge in [-0.25, -0.2) is 0 Å². The average Bonchev–Trinajstić information content (AvgIpc) is 3.02. The van der Waals surface area contributed by atoms with E-state index < -0.39 is 5.25 Å². The van der Waals surface area contributed by atoms with Crippen LogP contribution < -0.4 is 14.8 Å². The molecule has 0 unspecified atom stereocenters. The molecule has 8 nitrogen and oxygen atoms in total. The van der Waals surface area contributed by atoms with E-state index in [1.807, 2.05) is 4.90 Å². The first-order valence-corrected chi connectivity index (χ1v) is 9.12. The van der Waals surface area contributed by atoms with Gasteiger partial charge in [0.05, 0.1) is 33.1 Å². The molecule has 2 amide bonds. The van der Waals surface area contributed by atoms with Gasteiger partial charge in [-0.2, -0.15) is 4.99 Å². The molecule has 1 N–H and O–H groups in total. The second-order valence-electron chi connectivity index (χ2n) is 5.76. The van der Waals surface area contributed by atoms with E-state index in [0.717, 1.165) is 0 Å². The van der Waals surface area contributed by atoms with Crippen LogP contribution in [-0.2, 0) is 14.3 Å². The molecule has 3 rings (SSSR count). The highest BCUT2D eigenvalue weighted by molar-refractivity contribution is 8.15. The van der Waals surface area contributed by atoms with Crippen molar-refractivity contribution in [3.63, 3.8) is 0 Å². The summed E-state index contributed by atoms with van der Waals surface area (Å²) in [5.41, 5.74) is 0.501. The Hall–Kier alpha value is -2.26. The molecule has 1 fully saturated rings. The van der Waals surface area contributed by atoms with Crippen molar-refractivity contribution in [2.45, 2.75) is 11.7 Å². The van der Waals surface area contributed by atoms with Crippen molar-refractivity contribution in [2.24, 2.45) is 4.99 Å². The van der Waals surface area contributed by atoms with Crippen molar-refractivity contribution in [3.05, 3.63) is 18.2 Å². The third kappa shape index (κ3) is 4.28. The number of aliphatic imine (C=N–C) groups is 1. The number of carbonyl (C=O) groups excluding carboxylic acids is 2. The van der Waals surface area contributed by atoms with Crippen molar-refractivity contribution < 1.29 is 23.8 Å². The summed E-state index contributed by atoms with van der Waals surface area (Å²) in [4.78, 5) is 30.7. The van der Waals surface area contributed by atoms with E-state index in [1.54, 1.807) is 25.3 Å². The largest absolute Gasteiger partial charge is 0.497 e. The fourth-order valence-corrected chi connectivity index (χ4v) is 3.80. The van der Waals surface area contributed by atoms with Crippen LogP contribution >= 0.6 is 11.8 Å². The predicted octanol–water partition coefficient (Wildman–Crippen LogP) is 1.36. The van der Waals surface area contributed by atoms with Gasteiger partial charge in [0, 0.05) is 25.6 Å². The van der Waals surface area contributed by atoms with Crippen molar-refractivity contribution >= 4 is 34.4 Å². The summed E-state index contributed by atoms with van der Waals surface area (Å²) >= 11 is 1.34. The first kappa shape index (κ1) is 18.5. The van der Waals surface area contributed by atoms with Gasteiger partial charge in [-0.05, 0) is 12.1 Å². The predicted molar refractivity (Wildman–Crippen MR) is 99.0 cm³/mol. The molecule has 0 saturated carbocycles. The van der Waals surface area contributed by atoms with Crippen molar-refractivity contribution in [1.82, 2.24) is 4.90 Å². The SMILES string of the molecule is COc1ccc(OC)c(NC(=O)C[C@H]2SC(N3CCOCC3)=NC2=O)c1. The minimum atomic E-state index is -0.510. The molecular formula is C17H21N3O5S. The Balaban J connectivity index is 1.60. The van der Waals surface area contributed by atoms with Gasteiger partial charge in [0.2, 0.25) is 5.91 Å². The Labute approximate surface area is 155 Å². The number of nitrogens with one attached hydrogen (secondary N) is 1. The number of morpholine rings is 1. The molecule has 0 aromatic heterocycles. The summed E-state index contributed by atoms with van der Waals surface area (Å²) in [6.07, 6.45) is 0.0429. The Morgan fingerprint density at radius 3 is 2.81 bits per heavy atom. The highest BCUT2D eigenvalue weighted by Gasteiger charge is 2.33. The van der Waals surface area contributed by atoms with Crippen LogP contribution in [0, 0.1) is 0 Å². The highest BCUT2D eigenvalue weighted by atomic mass is 32.2. The minimum Gasteiger partial charge on any atom is -0.497 e. The molecule has 0 radical (unpaired) electrons. The van der Waals surface area contributed by atoms with Gasteiger partial charge in [0.25, 0.3) is 5.91 Å². The van der Waals surface area contributed by atoms with Crippen LogP contribution in [0.5, 0.6) is 11.5 Å². The van der Waals surface area contributed by atoms with Gasteiger partial charge in [0.1, 0.15) is 16.7 Å². The number of rotatable bonds is 5. The second kappa shape index (κ2) is 8.41. The van der Waals surface area contributed by atoms with E-state index in [1.165, 1.54) is 18.9 Å². The third-order valence-corrected chi connectivity index (χ3v) is 5.28. The maximum atomic E-state index is 12.4. The summed E-state index contributed by atoms with van der Waals surface area (Å²) < 4.78 is 15.7. The van der Waals surface area contributed by atoms with E-state index >= 15 is 0 Å². The second-order valence-corrected chi connectivity index (χ2v) is 6.93. The number of methoxy groups -OCH3 is 2. The van der Waals surface area contributed by atoms with Crippen LogP contribution in [0.4, 0.5) is 5.69 Å². The standard InChI is InChI=1S/C17H21N3O5S/c1-23-11-3-4-13(24-2)12(9-11)18-15(21)10-14-16(22)19-17(26-14)20-5-7-25-8-6-20/h3-4,9,14H,5-8,10H2,1-2H3,(H,18,21)/t14-/m1/s1. The molecule has 1 aromatic rings. The lowest BCUT2D eigenvalue weighted by molar-refractivity contribution is -0.121. The lowest BCUT2D eigenvalue weighted by atomic mass is 10.2. The molecule has 2 aliphatic heterocycles. The van der Waals surface area contributed by atoms with Gasteiger partial charge in [-0.3, -0.25) is 9.59 Å².